The van der Waals surface area contributed by atoms with E-state index in [0.29, 0.717) is 37.0 Å². The van der Waals surface area contributed by atoms with Crippen molar-refractivity contribution in [3.8, 4) is 0 Å². The van der Waals surface area contributed by atoms with Crippen LogP contribution in [0.4, 0.5) is 11.4 Å². The van der Waals surface area contributed by atoms with Crippen molar-refractivity contribution >= 4 is 48.9 Å². The van der Waals surface area contributed by atoms with Crippen molar-refractivity contribution in [1.82, 2.24) is 0 Å². The van der Waals surface area contributed by atoms with Crippen LogP contribution in [0.25, 0.3) is 0 Å². The van der Waals surface area contributed by atoms with Gasteiger partial charge in [0.25, 0.3) is 10.0 Å². The summed E-state index contributed by atoms with van der Waals surface area (Å²) >= 11 is 9.31. The molecule has 0 aromatic heterocycles. The second-order valence-corrected chi connectivity index (χ2v) is 8.36. The summed E-state index contributed by atoms with van der Waals surface area (Å²) in [7, 11) is -3.73. The number of nitrogens with zero attached hydrogens (tertiary/aromatic N) is 1. The molecule has 1 saturated heterocycles. The number of anilines is 2. The lowest BCUT2D eigenvalue weighted by Crippen LogP contribution is -2.36. The summed E-state index contributed by atoms with van der Waals surface area (Å²) in [6.07, 6.45) is 0. The van der Waals surface area contributed by atoms with E-state index in [1.807, 2.05) is 12.1 Å². The monoisotopic (exact) mass is 430 g/mol. The molecule has 1 aliphatic rings. The average Bonchev–Trinajstić information content (AvgIpc) is 2.55. The van der Waals surface area contributed by atoms with Crippen LogP contribution in [-0.2, 0) is 14.8 Å². The third-order valence-electron chi connectivity index (χ3n) is 3.66. The Kier molecular flexibility index (Phi) is 5.34. The first-order valence-electron chi connectivity index (χ1n) is 7.36. The lowest BCUT2D eigenvalue weighted by Gasteiger charge is -2.30. The zero-order chi connectivity index (χ0) is 17.2. The largest absolute Gasteiger partial charge is 0.378 e. The number of hydrogen-bond donors (Lipinski definition) is 1. The van der Waals surface area contributed by atoms with E-state index in [4.69, 9.17) is 16.3 Å². The Morgan fingerprint density at radius 3 is 2.58 bits per heavy atom. The topological polar surface area (TPSA) is 58.6 Å². The van der Waals surface area contributed by atoms with Crippen molar-refractivity contribution < 1.29 is 13.2 Å². The number of ether oxygens (including phenoxy) is 1. The molecule has 1 heterocycles. The summed E-state index contributed by atoms with van der Waals surface area (Å²) in [6, 6.07) is 11.7. The van der Waals surface area contributed by atoms with Gasteiger partial charge in [-0.25, -0.2) is 8.42 Å². The molecule has 5 nitrogen and oxygen atoms in total. The Morgan fingerprint density at radius 2 is 1.88 bits per heavy atom. The molecule has 2 aromatic carbocycles. The smallest absolute Gasteiger partial charge is 0.262 e. The van der Waals surface area contributed by atoms with Crippen molar-refractivity contribution in [3.63, 3.8) is 0 Å². The fourth-order valence-corrected chi connectivity index (χ4v) is 4.23. The summed E-state index contributed by atoms with van der Waals surface area (Å²) in [5, 5.41) is 0.375. The zero-order valence-corrected chi connectivity index (χ0v) is 15.9. The molecule has 0 aliphatic carbocycles. The lowest BCUT2D eigenvalue weighted by atomic mass is 10.2. The van der Waals surface area contributed by atoms with Gasteiger partial charge in [0.2, 0.25) is 0 Å². The van der Waals surface area contributed by atoms with Crippen LogP contribution in [0.5, 0.6) is 0 Å². The van der Waals surface area contributed by atoms with Crippen LogP contribution >= 0.6 is 27.5 Å². The van der Waals surface area contributed by atoms with E-state index in [1.54, 1.807) is 18.2 Å². The molecular weight excluding hydrogens is 416 g/mol. The maximum atomic E-state index is 12.7. The van der Waals surface area contributed by atoms with Gasteiger partial charge in [-0.1, -0.05) is 33.6 Å². The molecule has 0 saturated carbocycles. The third-order valence-corrected chi connectivity index (χ3v) is 5.75. The standard InChI is InChI=1S/C16H16BrClN2O3S/c17-12-4-5-16(20-6-8-23-9-7-20)15(10-12)19-24(21,22)14-3-1-2-13(18)11-14/h1-5,10-11,19H,6-9H2. The minimum Gasteiger partial charge on any atom is -0.378 e. The Balaban J connectivity index is 1.95. The quantitative estimate of drug-likeness (QED) is 0.801. The van der Waals surface area contributed by atoms with Crippen molar-refractivity contribution in [1.29, 1.82) is 0 Å². The Morgan fingerprint density at radius 1 is 1.12 bits per heavy atom. The van der Waals surface area contributed by atoms with Crippen molar-refractivity contribution in [2.45, 2.75) is 4.90 Å². The predicted molar refractivity (Wildman–Crippen MR) is 99.4 cm³/mol. The first-order valence-corrected chi connectivity index (χ1v) is 10.0. The minimum absolute atomic E-state index is 0.128. The van der Waals surface area contributed by atoms with Crippen LogP contribution in [0.2, 0.25) is 5.02 Å². The molecule has 1 N–H and O–H groups in total. The first-order chi connectivity index (χ1) is 11.5. The molecule has 0 spiro atoms. The fraction of sp³-hybridized carbons (Fsp3) is 0.250. The van der Waals surface area contributed by atoms with Crippen LogP contribution in [-0.4, -0.2) is 34.7 Å². The minimum atomic E-state index is -3.73. The van der Waals surface area contributed by atoms with E-state index < -0.39 is 10.0 Å². The Labute approximate surface area is 154 Å². The second kappa shape index (κ2) is 7.31. The van der Waals surface area contributed by atoms with Gasteiger partial charge in [-0.3, -0.25) is 4.72 Å². The highest BCUT2D eigenvalue weighted by Crippen LogP contribution is 2.32. The van der Waals surface area contributed by atoms with Gasteiger partial charge < -0.3 is 9.64 Å². The number of morpholine rings is 1. The van der Waals surface area contributed by atoms with Crippen LogP contribution in [0, 0.1) is 0 Å². The normalized spacial score (nSPS) is 15.3. The van der Waals surface area contributed by atoms with Crippen molar-refractivity contribution in [2.24, 2.45) is 0 Å². The summed E-state index contributed by atoms with van der Waals surface area (Å²) in [4.78, 5) is 2.23. The summed E-state index contributed by atoms with van der Waals surface area (Å²) in [6.45, 7) is 2.67. The van der Waals surface area contributed by atoms with Crippen molar-refractivity contribution in [2.75, 3.05) is 35.9 Å². The van der Waals surface area contributed by atoms with Crippen LogP contribution < -0.4 is 9.62 Å². The van der Waals surface area contributed by atoms with E-state index in [-0.39, 0.29) is 4.90 Å². The van der Waals surface area contributed by atoms with E-state index in [1.165, 1.54) is 12.1 Å². The summed E-state index contributed by atoms with van der Waals surface area (Å²) in [5.41, 5.74) is 1.35. The molecule has 24 heavy (non-hydrogen) atoms. The number of halogens is 2. The van der Waals surface area contributed by atoms with Gasteiger partial charge in [-0.15, -0.1) is 0 Å². The molecule has 1 aliphatic heterocycles. The van der Waals surface area contributed by atoms with Crippen molar-refractivity contribution in [3.05, 3.63) is 52.0 Å². The molecule has 0 amide bonds. The number of benzene rings is 2. The molecule has 1 fully saturated rings. The van der Waals surface area contributed by atoms with Gasteiger partial charge >= 0.3 is 0 Å². The lowest BCUT2D eigenvalue weighted by molar-refractivity contribution is 0.123. The maximum Gasteiger partial charge on any atom is 0.262 e. The van der Waals surface area contributed by atoms with Gasteiger partial charge in [0.15, 0.2) is 0 Å². The van der Waals surface area contributed by atoms with Crippen LogP contribution in [0.15, 0.2) is 51.8 Å². The number of nitrogens with one attached hydrogen (secondary N) is 1. The molecule has 0 atom stereocenters. The van der Waals surface area contributed by atoms with E-state index in [2.05, 4.69) is 25.6 Å². The predicted octanol–water partition coefficient (Wildman–Crippen LogP) is 3.74. The fourth-order valence-electron chi connectivity index (χ4n) is 2.51. The molecule has 3 rings (SSSR count). The first kappa shape index (κ1) is 17.5. The van der Waals surface area contributed by atoms with Gasteiger partial charge in [0, 0.05) is 22.6 Å². The molecule has 8 heteroatoms. The summed E-state index contributed by atoms with van der Waals surface area (Å²) in [5.74, 6) is 0. The molecule has 0 radical (unpaired) electrons. The molecule has 2 aromatic rings. The van der Waals surface area contributed by atoms with E-state index in [0.717, 1.165) is 10.2 Å². The van der Waals surface area contributed by atoms with Gasteiger partial charge in [-0.05, 0) is 36.4 Å². The average molecular weight is 432 g/mol. The SMILES string of the molecule is O=S(=O)(Nc1cc(Br)ccc1N1CCOCC1)c1cccc(Cl)c1. The van der Waals surface area contributed by atoms with Gasteiger partial charge in [0.05, 0.1) is 29.5 Å². The highest BCUT2D eigenvalue weighted by Gasteiger charge is 2.20. The third kappa shape index (κ3) is 4.03. The maximum absolute atomic E-state index is 12.7. The Bertz CT molecular complexity index is 839. The van der Waals surface area contributed by atoms with E-state index >= 15 is 0 Å². The molecule has 0 bridgehead atoms. The number of rotatable bonds is 4. The summed E-state index contributed by atoms with van der Waals surface area (Å²) < 4.78 is 34.2. The zero-order valence-electron chi connectivity index (χ0n) is 12.7. The molecule has 128 valence electrons. The molecular formula is C16H16BrClN2O3S. The van der Waals surface area contributed by atoms with E-state index in [9.17, 15) is 8.42 Å². The second-order valence-electron chi connectivity index (χ2n) is 5.32. The highest BCUT2D eigenvalue weighted by molar-refractivity contribution is 9.10. The van der Waals surface area contributed by atoms with Crippen LogP contribution in [0.3, 0.4) is 0 Å². The Hall–Kier alpha value is -1.28. The number of sulfonamides is 1. The highest BCUT2D eigenvalue weighted by atomic mass is 79.9. The van der Waals surface area contributed by atoms with Gasteiger partial charge in [0.1, 0.15) is 0 Å². The van der Waals surface area contributed by atoms with Crippen LogP contribution in [0.1, 0.15) is 0 Å². The number of hydrogen-bond acceptors (Lipinski definition) is 4. The van der Waals surface area contributed by atoms with Gasteiger partial charge in [-0.2, -0.15) is 0 Å². The molecule has 0 unspecified atom stereocenters.